The molecule has 102 valence electrons. The smallest absolute Gasteiger partial charge is 0.187 e. The van der Waals surface area contributed by atoms with E-state index in [1.165, 1.54) is 23.9 Å². The fraction of sp³-hybridized carbons (Fsp3) is 0.200. The van der Waals surface area contributed by atoms with Crippen molar-refractivity contribution in [2.75, 3.05) is 6.61 Å². The van der Waals surface area contributed by atoms with Crippen molar-refractivity contribution in [2.24, 2.45) is 0 Å². The maximum atomic E-state index is 13.3. The molecular weight excluding hydrogens is 275 g/mol. The second kappa shape index (κ2) is 7.63. The zero-order valence-corrected chi connectivity index (χ0v) is 11.5. The second-order valence-electron chi connectivity index (χ2n) is 3.90. The van der Waals surface area contributed by atoms with Crippen molar-refractivity contribution >= 4 is 11.8 Å². The van der Waals surface area contributed by atoms with Gasteiger partial charge in [0.25, 0.3) is 0 Å². The van der Waals surface area contributed by atoms with Crippen LogP contribution in [0.1, 0.15) is 17.5 Å². The number of thioether (sulfide) groups is 1. The van der Waals surface area contributed by atoms with Gasteiger partial charge in [-0.3, -0.25) is 0 Å². The van der Waals surface area contributed by atoms with Crippen LogP contribution in [0.4, 0.5) is 4.39 Å². The summed E-state index contributed by atoms with van der Waals surface area (Å²) < 4.78 is 13.3. The maximum absolute atomic E-state index is 13.3. The lowest BCUT2D eigenvalue weighted by molar-refractivity contribution is 0.305. The van der Waals surface area contributed by atoms with Crippen LogP contribution in [0.5, 0.6) is 0 Å². The summed E-state index contributed by atoms with van der Waals surface area (Å²) in [5.41, 5.74) is 1.57. The Hall–Kier alpha value is -1.90. The highest BCUT2D eigenvalue weighted by Gasteiger charge is 2.04. The average Bonchev–Trinajstić information content (AvgIpc) is 2.48. The quantitative estimate of drug-likeness (QED) is 0.534. The number of hydrogen-bond acceptors (Lipinski definition) is 4. The Balaban J connectivity index is 2.13. The summed E-state index contributed by atoms with van der Waals surface area (Å²) >= 11 is 1.47. The van der Waals surface area contributed by atoms with Gasteiger partial charge in [-0.25, -0.2) is 14.4 Å². The van der Waals surface area contributed by atoms with Gasteiger partial charge in [0, 0.05) is 30.1 Å². The number of halogens is 1. The number of benzene rings is 1. The molecule has 0 fully saturated rings. The minimum absolute atomic E-state index is 0.00422. The van der Waals surface area contributed by atoms with E-state index < -0.39 is 0 Å². The van der Waals surface area contributed by atoms with Gasteiger partial charge in [0.05, 0.1) is 6.61 Å². The topological polar surface area (TPSA) is 46.0 Å². The maximum Gasteiger partial charge on any atom is 0.187 e. The van der Waals surface area contributed by atoms with Crippen LogP contribution in [0.25, 0.3) is 0 Å². The molecule has 0 aliphatic heterocycles. The van der Waals surface area contributed by atoms with E-state index in [1.807, 2.05) is 0 Å². The largest absolute Gasteiger partial charge is 0.395 e. The van der Waals surface area contributed by atoms with Gasteiger partial charge in [-0.1, -0.05) is 29.7 Å². The summed E-state index contributed by atoms with van der Waals surface area (Å²) in [6, 6.07) is 6.30. The molecule has 0 saturated heterocycles. The van der Waals surface area contributed by atoms with Crippen molar-refractivity contribution in [3.05, 3.63) is 53.6 Å². The van der Waals surface area contributed by atoms with E-state index in [9.17, 15) is 4.39 Å². The molecule has 1 N–H and O–H groups in total. The molecule has 0 saturated carbocycles. The lowest BCUT2D eigenvalue weighted by Gasteiger charge is -2.04. The van der Waals surface area contributed by atoms with Crippen LogP contribution in [0.2, 0.25) is 0 Å². The molecule has 1 aromatic heterocycles. The summed E-state index contributed by atoms with van der Waals surface area (Å²) in [5.74, 6) is 6.00. The van der Waals surface area contributed by atoms with Crippen molar-refractivity contribution in [1.82, 2.24) is 9.97 Å². The number of aliphatic hydroxyl groups is 1. The number of nitrogens with zero attached hydrogens (tertiary/aromatic N) is 2. The minimum atomic E-state index is -0.317. The van der Waals surface area contributed by atoms with Gasteiger partial charge in [-0.15, -0.1) is 0 Å². The van der Waals surface area contributed by atoms with E-state index in [-0.39, 0.29) is 12.4 Å². The van der Waals surface area contributed by atoms with Crippen LogP contribution >= 0.6 is 11.8 Å². The lowest BCUT2D eigenvalue weighted by Crippen LogP contribution is -1.91. The van der Waals surface area contributed by atoms with Crippen molar-refractivity contribution in [3.63, 3.8) is 0 Å². The molecule has 2 rings (SSSR count). The Morgan fingerprint density at radius 3 is 2.80 bits per heavy atom. The fourth-order valence-corrected chi connectivity index (χ4v) is 2.31. The molecule has 1 aromatic carbocycles. The van der Waals surface area contributed by atoms with Crippen LogP contribution in [0.15, 0.2) is 41.8 Å². The van der Waals surface area contributed by atoms with Gasteiger partial charge < -0.3 is 5.11 Å². The molecule has 0 aliphatic rings. The molecule has 0 amide bonds. The zero-order chi connectivity index (χ0) is 14.2. The molecule has 2 aromatic rings. The van der Waals surface area contributed by atoms with E-state index >= 15 is 0 Å². The minimum Gasteiger partial charge on any atom is -0.395 e. The molecule has 3 nitrogen and oxygen atoms in total. The monoisotopic (exact) mass is 288 g/mol. The van der Waals surface area contributed by atoms with Gasteiger partial charge >= 0.3 is 0 Å². The first kappa shape index (κ1) is 14.5. The highest BCUT2D eigenvalue weighted by Crippen LogP contribution is 2.21. The second-order valence-corrected chi connectivity index (χ2v) is 4.84. The number of hydrogen-bond donors (Lipinski definition) is 1. The van der Waals surface area contributed by atoms with E-state index in [2.05, 4.69) is 21.8 Å². The molecule has 0 bridgehead atoms. The lowest BCUT2D eigenvalue weighted by atomic mass is 10.1. The fourth-order valence-electron chi connectivity index (χ4n) is 1.51. The van der Waals surface area contributed by atoms with Gasteiger partial charge in [0.2, 0.25) is 0 Å². The third-order valence-electron chi connectivity index (χ3n) is 2.43. The van der Waals surface area contributed by atoms with Crippen molar-refractivity contribution in [1.29, 1.82) is 0 Å². The number of aromatic nitrogens is 2. The van der Waals surface area contributed by atoms with Gasteiger partial charge in [0.15, 0.2) is 5.16 Å². The normalized spacial score (nSPS) is 9.90. The summed E-state index contributed by atoms with van der Waals surface area (Å²) in [6.07, 6.45) is 3.74. The van der Waals surface area contributed by atoms with Crippen LogP contribution in [-0.4, -0.2) is 21.7 Å². The van der Waals surface area contributed by atoms with E-state index in [0.29, 0.717) is 22.9 Å². The number of aliphatic hydroxyl groups excluding tert-OH is 1. The molecule has 5 heteroatoms. The predicted octanol–water partition coefficient (Wildman–Crippen LogP) is 2.64. The third kappa shape index (κ3) is 4.34. The van der Waals surface area contributed by atoms with Gasteiger partial charge in [0.1, 0.15) is 5.82 Å². The first-order valence-electron chi connectivity index (χ1n) is 6.07. The van der Waals surface area contributed by atoms with Crippen LogP contribution in [-0.2, 0) is 5.75 Å². The van der Waals surface area contributed by atoms with E-state index in [1.54, 1.807) is 24.5 Å². The Kier molecular flexibility index (Phi) is 5.54. The number of rotatable bonds is 4. The third-order valence-corrected chi connectivity index (χ3v) is 3.35. The molecule has 0 radical (unpaired) electrons. The van der Waals surface area contributed by atoms with Crippen molar-refractivity contribution in [2.45, 2.75) is 17.3 Å². The zero-order valence-electron chi connectivity index (χ0n) is 10.7. The Bertz CT molecular complexity index is 623. The Labute approximate surface area is 121 Å². The molecule has 20 heavy (non-hydrogen) atoms. The molecule has 0 atom stereocenters. The SMILES string of the molecule is OCCC#Cc1cc(F)ccc1CSc1ncccn1. The molecular formula is C15H13FN2OS. The van der Waals surface area contributed by atoms with E-state index in [4.69, 9.17) is 5.11 Å². The van der Waals surface area contributed by atoms with Gasteiger partial charge in [-0.2, -0.15) is 0 Å². The van der Waals surface area contributed by atoms with Crippen LogP contribution in [0, 0.1) is 17.7 Å². The summed E-state index contributed by atoms with van der Waals surface area (Å²) in [5, 5.41) is 9.40. The standard InChI is InChI=1S/C15H13FN2OS/c16-14-6-5-13(12(10-14)4-1-2-9-19)11-20-15-17-7-3-8-18-15/h3,5-8,10,19H,2,9,11H2. The molecule has 1 heterocycles. The summed E-state index contributed by atoms with van der Waals surface area (Å²) in [4.78, 5) is 8.25. The van der Waals surface area contributed by atoms with Crippen LogP contribution < -0.4 is 0 Å². The first-order valence-corrected chi connectivity index (χ1v) is 7.06. The highest BCUT2D eigenvalue weighted by atomic mass is 32.2. The Morgan fingerprint density at radius 1 is 1.25 bits per heavy atom. The van der Waals surface area contributed by atoms with Gasteiger partial charge in [-0.05, 0) is 23.8 Å². The first-order chi connectivity index (χ1) is 9.79. The summed E-state index contributed by atoms with van der Waals surface area (Å²) in [7, 11) is 0. The Morgan fingerprint density at radius 2 is 2.05 bits per heavy atom. The molecule has 0 aliphatic carbocycles. The van der Waals surface area contributed by atoms with Crippen molar-refractivity contribution in [3.8, 4) is 11.8 Å². The van der Waals surface area contributed by atoms with Crippen LogP contribution in [0.3, 0.4) is 0 Å². The predicted molar refractivity (Wildman–Crippen MR) is 76.6 cm³/mol. The molecule has 0 unspecified atom stereocenters. The van der Waals surface area contributed by atoms with E-state index in [0.717, 1.165) is 5.56 Å². The molecule has 0 spiro atoms. The average molecular weight is 288 g/mol. The highest BCUT2D eigenvalue weighted by molar-refractivity contribution is 7.98. The van der Waals surface area contributed by atoms with Crippen molar-refractivity contribution < 1.29 is 9.50 Å². The summed E-state index contributed by atoms with van der Waals surface area (Å²) in [6.45, 7) is 0.00422.